The van der Waals surface area contributed by atoms with Crippen LogP contribution in [-0.2, 0) is 26.9 Å². The summed E-state index contributed by atoms with van der Waals surface area (Å²) in [7, 11) is -6.08. The Balaban J connectivity index is 1.50. The standard InChI is InChI=1S/C17H19FN4O4S3/c1-21-7-5-19-17(21)28(23,24)10-12-4-6-22(9-14(12)18)29(25,26)13-2-3-15-16(8-13)27-11-20-15/h2-3,5,7-8,11-12,14H,4,6,9-10H2,1H3. The highest BCUT2D eigenvalue weighted by Gasteiger charge is 2.38. The molecule has 1 aromatic carbocycles. The zero-order valence-electron chi connectivity index (χ0n) is 15.5. The minimum atomic E-state index is -3.88. The molecular weight excluding hydrogens is 439 g/mol. The zero-order chi connectivity index (χ0) is 20.8. The van der Waals surface area contributed by atoms with Crippen molar-refractivity contribution in [3.05, 3.63) is 36.1 Å². The first kappa shape index (κ1) is 20.4. The Hall–Kier alpha value is -1.89. The van der Waals surface area contributed by atoms with E-state index < -0.39 is 37.7 Å². The van der Waals surface area contributed by atoms with Crippen molar-refractivity contribution in [2.45, 2.75) is 22.6 Å². The monoisotopic (exact) mass is 458 g/mol. The number of piperidine rings is 1. The van der Waals surface area contributed by atoms with Gasteiger partial charge in [0.2, 0.25) is 25.0 Å². The molecule has 8 nitrogen and oxygen atoms in total. The first-order valence-corrected chi connectivity index (χ1v) is 12.8. The molecule has 12 heteroatoms. The first-order chi connectivity index (χ1) is 13.7. The molecule has 0 aliphatic carbocycles. The van der Waals surface area contributed by atoms with E-state index in [0.717, 1.165) is 9.01 Å². The second-order valence-corrected chi connectivity index (χ2v) is 11.8. The minimum Gasteiger partial charge on any atom is -0.325 e. The number of imidazole rings is 1. The predicted octanol–water partition coefficient (Wildman–Crippen LogP) is 1.85. The van der Waals surface area contributed by atoms with Gasteiger partial charge in [-0.2, -0.15) is 4.31 Å². The average Bonchev–Trinajstić information content (AvgIpc) is 3.31. The van der Waals surface area contributed by atoms with E-state index in [1.165, 1.54) is 40.4 Å². The molecule has 29 heavy (non-hydrogen) atoms. The summed E-state index contributed by atoms with van der Waals surface area (Å²) in [5.74, 6) is -1.19. The van der Waals surface area contributed by atoms with Crippen molar-refractivity contribution in [1.29, 1.82) is 0 Å². The molecule has 0 N–H and O–H groups in total. The lowest BCUT2D eigenvalue weighted by molar-refractivity contribution is 0.145. The van der Waals surface area contributed by atoms with Gasteiger partial charge >= 0.3 is 0 Å². The predicted molar refractivity (Wildman–Crippen MR) is 107 cm³/mol. The van der Waals surface area contributed by atoms with Crippen LogP contribution < -0.4 is 0 Å². The topological polar surface area (TPSA) is 102 Å². The molecule has 0 radical (unpaired) electrons. The molecular formula is C17H19FN4O4S3. The fourth-order valence-corrected chi connectivity index (χ4v) is 7.57. The van der Waals surface area contributed by atoms with Crippen molar-refractivity contribution in [3.63, 3.8) is 0 Å². The quantitative estimate of drug-likeness (QED) is 0.578. The summed E-state index contributed by atoms with van der Waals surface area (Å²) in [4.78, 5) is 8.04. The molecule has 1 saturated heterocycles. The molecule has 2 aromatic heterocycles. The van der Waals surface area contributed by atoms with Gasteiger partial charge in [-0.1, -0.05) is 0 Å². The lowest BCUT2D eigenvalue weighted by Crippen LogP contribution is -2.46. The van der Waals surface area contributed by atoms with Gasteiger partial charge in [-0.05, 0) is 24.6 Å². The highest BCUT2D eigenvalue weighted by atomic mass is 32.2. The summed E-state index contributed by atoms with van der Waals surface area (Å²) in [5, 5.41) is -0.113. The fourth-order valence-electron chi connectivity index (χ4n) is 3.48. The van der Waals surface area contributed by atoms with Gasteiger partial charge in [0.1, 0.15) is 6.17 Å². The lowest BCUT2D eigenvalue weighted by atomic mass is 9.98. The van der Waals surface area contributed by atoms with Crippen LogP contribution in [0.4, 0.5) is 4.39 Å². The van der Waals surface area contributed by atoms with Crippen LogP contribution in [-0.4, -0.2) is 60.7 Å². The highest BCUT2D eigenvalue weighted by Crippen LogP contribution is 2.30. The van der Waals surface area contributed by atoms with Crippen molar-refractivity contribution in [1.82, 2.24) is 18.8 Å². The second-order valence-electron chi connectivity index (χ2n) is 7.01. The van der Waals surface area contributed by atoms with Crippen LogP contribution in [0, 0.1) is 5.92 Å². The molecule has 2 unspecified atom stereocenters. The summed E-state index contributed by atoms with van der Waals surface area (Å²) >= 11 is 1.33. The van der Waals surface area contributed by atoms with Gasteiger partial charge in [0.15, 0.2) is 0 Å². The number of aryl methyl sites for hydroxylation is 1. The van der Waals surface area contributed by atoms with E-state index in [0.29, 0.717) is 5.52 Å². The molecule has 0 bridgehead atoms. The third-order valence-electron chi connectivity index (χ3n) is 5.07. The molecule has 2 atom stereocenters. The van der Waals surface area contributed by atoms with Crippen molar-refractivity contribution in [3.8, 4) is 0 Å². The number of fused-ring (bicyclic) bond motifs is 1. The fraction of sp³-hybridized carbons (Fsp3) is 0.412. The summed E-state index contributed by atoms with van der Waals surface area (Å²) in [5.41, 5.74) is 2.34. The summed E-state index contributed by atoms with van der Waals surface area (Å²) in [6.07, 6.45) is 1.41. The number of thiazole rings is 1. The Morgan fingerprint density at radius 2 is 2.03 bits per heavy atom. The average molecular weight is 459 g/mol. The van der Waals surface area contributed by atoms with E-state index in [1.54, 1.807) is 18.6 Å². The number of hydrogen-bond donors (Lipinski definition) is 0. The number of rotatable bonds is 5. The SMILES string of the molecule is Cn1ccnc1S(=O)(=O)CC1CCN(S(=O)(=O)c2ccc3ncsc3c2)CC1F. The molecule has 1 aliphatic heterocycles. The number of alkyl halides is 1. The Morgan fingerprint density at radius 3 is 2.72 bits per heavy atom. The van der Waals surface area contributed by atoms with E-state index in [-0.39, 0.29) is 29.6 Å². The van der Waals surface area contributed by atoms with Crippen LogP contribution in [0.1, 0.15) is 6.42 Å². The van der Waals surface area contributed by atoms with E-state index in [1.807, 2.05) is 0 Å². The van der Waals surface area contributed by atoms with Crippen molar-refractivity contribution in [2.24, 2.45) is 13.0 Å². The first-order valence-electron chi connectivity index (χ1n) is 8.86. The van der Waals surface area contributed by atoms with Crippen LogP contribution in [0.25, 0.3) is 10.2 Å². The Bertz CT molecular complexity index is 1250. The molecule has 156 valence electrons. The van der Waals surface area contributed by atoms with Gasteiger partial charge in [-0.15, -0.1) is 11.3 Å². The third-order valence-corrected chi connectivity index (χ3v) is 9.54. The molecule has 3 heterocycles. The van der Waals surface area contributed by atoms with Crippen LogP contribution >= 0.6 is 11.3 Å². The summed E-state index contributed by atoms with van der Waals surface area (Å²) in [6, 6.07) is 4.62. The smallest absolute Gasteiger partial charge is 0.243 e. The molecule has 1 aliphatic rings. The van der Waals surface area contributed by atoms with Gasteiger partial charge in [-0.25, -0.2) is 31.2 Å². The largest absolute Gasteiger partial charge is 0.325 e. The number of sulfonamides is 1. The van der Waals surface area contributed by atoms with E-state index in [4.69, 9.17) is 0 Å². The Morgan fingerprint density at radius 1 is 1.24 bits per heavy atom. The van der Waals surface area contributed by atoms with E-state index in [9.17, 15) is 21.2 Å². The highest BCUT2D eigenvalue weighted by molar-refractivity contribution is 7.91. The summed E-state index contributed by atoms with van der Waals surface area (Å²) < 4.78 is 69.0. The second kappa shape index (κ2) is 7.42. The van der Waals surface area contributed by atoms with Gasteiger partial charge in [0.25, 0.3) is 0 Å². The van der Waals surface area contributed by atoms with Crippen LogP contribution in [0.5, 0.6) is 0 Å². The molecule has 4 rings (SSSR count). The number of aromatic nitrogens is 3. The molecule has 0 spiro atoms. The lowest BCUT2D eigenvalue weighted by Gasteiger charge is -2.33. The molecule has 3 aromatic rings. The normalized spacial score (nSPS) is 21.6. The van der Waals surface area contributed by atoms with Gasteiger partial charge in [-0.3, -0.25) is 0 Å². The Labute approximate surface area is 172 Å². The van der Waals surface area contributed by atoms with Crippen molar-refractivity contribution >= 4 is 41.4 Å². The third kappa shape index (κ3) is 3.81. The number of sulfone groups is 1. The number of nitrogens with zero attached hydrogens (tertiary/aromatic N) is 4. The van der Waals surface area contributed by atoms with Crippen LogP contribution in [0.15, 0.2) is 46.2 Å². The van der Waals surface area contributed by atoms with Gasteiger partial charge < -0.3 is 4.57 Å². The number of halogens is 1. The number of benzene rings is 1. The van der Waals surface area contributed by atoms with Crippen molar-refractivity contribution in [2.75, 3.05) is 18.8 Å². The number of hydrogen-bond acceptors (Lipinski definition) is 7. The van der Waals surface area contributed by atoms with Gasteiger partial charge in [0, 0.05) is 38.4 Å². The minimum absolute atomic E-state index is 0.0598. The van der Waals surface area contributed by atoms with Crippen molar-refractivity contribution < 1.29 is 21.2 Å². The zero-order valence-corrected chi connectivity index (χ0v) is 17.9. The molecule has 1 fully saturated rings. The summed E-state index contributed by atoms with van der Waals surface area (Å²) in [6.45, 7) is -0.311. The maximum absolute atomic E-state index is 14.8. The van der Waals surface area contributed by atoms with E-state index in [2.05, 4.69) is 9.97 Å². The maximum atomic E-state index is 14.8. The molecule has 0 amide bonds. The van der Waals surface area contributed by atoms with Crippen LogP contribution in [0.2, 0.25) is 0 Å². The Kier molecular flexibility index (Phi) is 5.21. The molecule has 0 saturated carbocycles. The van der Waals surface area contributed by atoms with E-state index >= 15 is 0 Å². The maximum Gasteiger partial charge on any atom is 0.243 e. The van der Waals surface area contributed by atoms with Crippen LogP contribution in [0.3, 0.4) is 0 Å². The van der Waals surface area contributed by atoms with Gasteiger partial charge in [0.05, 0.1) is 26.4 Å².